The van der Waals surface area contributed by atoms with Crippen molar-refractivity contribution in [2.24, 2.45) is 12.8 Å². The van der Waals surface area contributed by atoms with Crippen LogP contribution in [-0.4, -0.2) is 63.1 Å². The third kappa shape index (κ3) is 3.07. The van der Waals surface area contributed by atoms with Crippen LogP contribution in [0.25, 0.3) is 0 Å². The lowest BCUT2D eigenvalue weighted by molar-refractivity contribution is 0.0533. The predicted molar refractivity (Wildman–Crippen MR) is 71.0 cm³/mol. The van der Waals surface area contributed by atoms with Crippen LogP contribution in [0.4, 0.5) is 0 Å². The van der Waals surface area contributed by atoms with Gasteiger partial charge >= 0.3 is 0 Å². The molecule has 1 aromatic rings. The van der Waals surface area contributed by atoms with Crippen LogP contribution in [0.1, 0.15) is 19.5 Å². The number of rotatable bonds is 4. The molecule has 1 aromatic heterocycles. The molecule has 18 heavy (non-hydrogen) atoms. The van der Waals surface area contributed by atoms with E-state index in [1.165, 1.54) is 0 Å². The Labute approximate surface area is 109 Å². The summed E-state index contributed by atoms with van der Waals surface area (Å²) in [4.78, 5) is 4.90. The van der Waals surface area contributed by atoms with Crippen molar-refractivity contribution in [2.75, 3.05) is 32.7 Å². The van der Waals surface area contributed by atoms with Gasteiger partial charge in [-0.05, 0) is 13.8 Å². The van der Waals surface area contributed by atoms with E-state index in [1.807, 2.05) is 13.2 Å². The fraction of sp³-hybridized carbons (Fsp3) is 0.833. The number of hydrogen-bond donors (Lipinski definition) is 1. The second kappa shape index (κ2) is 5.34. The van der Waals surface area contributed by atoms with Crippen LogP contribution >= 0.6 is 0 Å². The summed E-state index contributed by atoms with van der Waals surface area (Å²) in [5.41, 5.74) is 6.98. The van der Waals surface area contributed by atoms with Crippen molar-refractivity contribution in [3.05, 3.63) is 11.9 Å². The average molecular weight is 252 g/mol. The Kier molecular flexibility index (Phi) is 3.99. The van der Waals surface area contributed by atoms with E-state index in [-0.39, 0.29) is 5.54 Å². The summed E-state index contributed by atoms with van der Waals surface area (Å²) >= 11 is 0. The van der Waals surface area contributed by atoms with Crippen LogP contribution in [0, 0.1) is 0 Å². The normalized spacial score (nSPS) is 19.3. The number of hydrogen-bond acceptors (Lipinski definition) is 5. The van der Waals surface area contributed by atoms with Crippen molar-refractivity contribution in [1.29, 1.82) is 0 Å². The van der Waals surface area contributed by atoms with Crippen molar-refractivity contribution < 1.29 is 0 Å². The largest absolute Gasteiger partial charge is 0.329 e. The van der Waals surface area contributed by atoms with Crippen LogP contribution in [-0.2, 0) is 13.6 Å². The molecule has 0 spiro atoms. The monoisotopic (exact) mass is 252 g/mol. The zero-order valence-corrected chi connectivity index (χ0v) is 11.6. The average Bonchev–Trinajstić information content (AvgIpc) is 2.75. The van der Waals surface area contributed by atoms with Gasteiger partial charge in [-0.3, -0.25) is 14.5 Å². The second-order valence-corrected chi connectivity index (χ2v) is 5.66. The zero-order chi connectivity index (χ0) is 13.2. The van der Waals surface area contributed by atoms with Gasteiger partial charge in [0.05, 0.1) is 5.69 Å². The van der Waals surface area contributed by atoms with E-state index < -0.39 is 0 Å². The van der Waals surface area contributed by atoms with E-state index in [9.17, 15) is 0 Å². The summed E-state index contributed by atoms with van der Waals surface area (Å²) in [7, 11) is 1.90. The first-order chi connectivity index (χ1) is 8.51. The smallest absolute Gasteiger partial charge is 0.0967 e. The predicted octanol–water partition coefficient (Wildman–Crippen LogP) is -0.330. The Morgan fingerprint density at radius 3 is 2.44 bits per heavy atom. The summed E-state index contributed by atoms with van der Waals surface area (Å²) in [6, 6.07) is 0. The van der Waals surface area contributed by atoms with E-state index in [0.717, 1.165) is 38.4 Å². The van der Waals surface area contributed by atoms with Crippen LogP contribution in [0.2, 0.25) is 0 Å². The Hall–Kier alpha value is -0.980. The third-order valence-electron chi connectivity index (χ3n) is 3.76. The van der Waals surface area contributed by atoms with Crippen molar-refractivity contribution in [1.82, 2.24) is 24.8 Å². The van der Waals surface area contributed by atoms with Gasteiger partial charge in [-0.25, -0.2) is 0 Å². The minimum atomic E-state index is 0.110. The van der Waals surface area contributed by atoms with Crippen molar-refractivity contribution in [3.63, 3.8) is 0 Å². The molecule has 2 heterocycles. The maximum atomic E-state index is 5.82. The first-order valence-electron chi connectivity index (χ1n) is 6.54. The van der Waals surface area contributed by atoms with Gasteiger partial charge in [0.1, 0.15) is 0 Å². The number of nitrogens with zero attached hydrogens (tertiary/aromatic N) is 5. The van der Waals surface area contributed by atoms with Gasteiger partial charge in [-0.2, -0.15) is 0 Å². The first-order valence-corrected chi connectivity index (χ1v) is 6.54. The fourth-order valence-electron chi connectivity index (χ4n) is 2.34. The topological polar surface area (TPSA) is 63.2 Å². The Morgan fingerprint density at radius 2 is 1.94 bits per heavy atom. The van der Waals surface area contributed by atoms with Crippen molar-refractivity contribution in [3.8, 4) is 0 Å². The molecule has 0 aliphatic carbocycles. The van der Waals surface area contributed by atoms with Gasteiger partial charge in [0.25, 0.3) is 0 Å². The van der Waals surface area contributed by atoms with Gasteiger partial charge < -0.3 is 5.73 Å². The van der Waals surface area contributed by atoms with E-state index in [4.69, 9.17) is 5.73 Å². The Bertz CT molecular complexity index is 378. The SMILES string of the molecule is Cn1cc(CN2CCN(C(C)(C)CN)CC2)nn1. The molecule has 2 rings (SSSR count). The molecule has 0 bridgehead atoms. The molecule has 1 saturated heterocycles. The number of aromatic nitrogens is 3. The molecule has 1 fully saturated rings. The number of piperazine rings is 1. The van der Waals surface area contributed by atoms with Gasteiger partial charge in [0, 0.05) is 58.1 Å². The molecule has 1 aliphatic rings. The highest BCUT2D eigenvalue weighted by atomic mass is 15.4. The molecule has 102 valence electrons. The Balaban J connectivity index is 1.83. The molecular formula is C12H24N6. The lowest BCUT2D eigenvalue weighted by Crippen LogP contribution is -2.57. The molecule has 0 aromatic carbocycles. The molecule has 1 aliphatic heterocycles. The molecule has 0 atom stereocenters. The molecular weight excluding hydrogens is 228 g/mol. The molecule has 0 amide bonds. The quantitative estimate of drug-likeness (QED) is 0.795. The fourth-order valence-corrected chi connectivity index (χ4v) is 2.34. The minimum absolute atomic E-state index is 0.110. The maximum absolute atomic E-state index is 5.82. The molecule has 0 radical (unpaired) electrons. The molecule has 2 N–H and O–H groups in total. The first kappa shape index (κ1) is 13.5. The van der Waals surface area contributed by atoms with Gasteiger partial charge in [-0.15, -0.1) is 5.10 Å². The van der Waals surface area contributed by atoms with E-state index in [0.29, 0.717) is 6.54 Å². The van der Waals surface area contributed by atoms with E-state index >= 15 is 0 Å². The van der Waals surface area contributed by atoms with Gasteiger partial charge in [0.15, 0.2) is 0 Å². The van der Waals surface area contributed by atoms with Crippen LogP contribution in [0.5, 0.6) is 0 Å². The van der Waals surface area contributed by atoms with E-state index in [1.54, 1.807) is 4.68 Å². The maximum Gasteiger partial charge on any atom is 0.0967 e. The number of nitrogens with two attached hydrogens (primary N) is 1. The minimum Gasteiger partial charge on any atom is -0.329 e. The third-order valence-corrected chi connectivity index (χ3v) is 3.76. The summed E-state index contributed by atoms with van der Waals surface area (Å²) in [5.74, 6) is 0. The summed E-state index contributed by atoms with van der Waals surface area (Å²) < 4.78 is 1.75. The summed E-state index contributed by atoms with van der Waals surface area (Å²) in [6.07, 6.45) is 1.98. The van der Waals surface area contributed by atoms with Crippen molar-refractivity contribution >= 4 is 0 Å². The molecule has 6 nitrogen and oxygen atoms in total. The van der Waals surface area contributed by atoms with Crippen LogP contribution < -0.4 is 5.73 Å². The molecule has 0 saturated carbocycles. The second-order valence-electron chi connectivity index (χ2n) is 5.66. The van der Waals surface area contributed by atoms with Gasteiger partial charge in [-0.1, -0.05) is 5.21 Å². The Morgan fingerprint density at radius 1 is 1.28 bits per heavy atom. The highest BCUT2D eigenvalue weighted by molar-refractivity contribution is 4.93. The lowest BCUT2D eigenvalue weighted by Gasteiger charge is -2.43. The van der Waals surface area contributed by atoms with Gasteiger partial charge in [0.2, 0.25) is 0 Å². The van der Waals surface area contributed by atoms with Crippen molar-refractivity contribution in [2.45, 2.75) is 25.9 Å². The zero-order valence-electron chi connectivity index (χ0n) is 11.6. The molecule has 0 unspecified atom stereocenters. The van der Waals surface area contributed by atoms with E-state index in [2.05, 4.69) is 34.0 Å². The van der Waals surface area contributed by atoms with Crippen LogP contribution in [0.15, 0.2) is 6.20 Å². The number of aryl methyl sites for hydroxylation is 1. The standard InChI is InChI=1S/C12H24N6/c1-12(2,10-13)18-6-4-17(5-7-18)9-11-8-16(3)15-14-11/h8H,4-7,9-10,13H2,1-3H3. The summed E-state index contributed by atoms with van der Waals surface area (Å²) in [5, 5.41) is 8.09. The summed E-state index contributed by atoms with van der Waals surface area (Å²) in [6.45, 7) is 10.3. The highest BCUT2D eigenvalue weighted by Crippen LogP contribution is 2.16. The highest BCUT2D eigenvalue weighted by Gasteiger charge is 2.28. The molecule has 6 heteroatoms. The lowest BCUT2D eigenvalue weighted by atomic mass is 10.0. The van der Waals surface area contributed by atoms with Crippen LogP contribution in [0.3, 0.4) is 0 Å².